The molecule has 0 spiro atoms. The van der Waals surface area contributed by atoms with Crippen molar-refractivity contribution in [1.82, 2.24) is 20.3 Å². The Labute approximate surface area is 205 Å². The number of aromatic nitrogens is 1. The minimum atomic E-state index is -0.150. The number of amides is 3. The molecule has 0 unspecified atom stereocenters. The molecule has 3 aromatic rings. The molecule has 8 heteroatoms. The van der Waals surface area contributed by atoms with Crippen LogP contribution in [-0.4, -0.2) is 58.7 Å². The van der Waals surface area contributed by atoms with Crippen molar-refractivity contribution in [2.45, 2.75) is 38.7 Å². The van der Waals surface area contributed by atoms with Gasteiger partial charge in [0, 0.05) is 56.1 Å². The summed E-state index contributed by atoms with van der Waals surface area (Å²) in [5.41, 5.74) is 5.08. The lowest BCUT2D eigenvalue weighted by atomic mass is 10.1. The molecule has 1 fully saturated rings. The Morgan fingerprint density at radius 2 is 1.51 bits per heavy atom. The van der Waals surface area contributed by atoms with E-state index < -0.39 is 0 Å². The van der Waals surface area contributed by atoms with Crippen LogP contribution in [0.3, 0.4) is 0 Å². The van der Waals surface area contributed by atoms with Gasteiger partial charge in [-0.25, -0.2) is 5.48 Å². The first-order valence-electron chi connectivity index (χ1n) is 12.2. The zero-order valence-electron chi connectivity index (χ0n) is 19.9. The Morgan fingerprint density at radius 3 is 2.31 bits per heavy atom. The second-order valence-corrected chi connectivity index (χ2v) is 8.78. The maximum absolute atomic E-state index is 12.9. The van der Waals surface area contributed by atoms with E-state index in [4.69, 9.17) is 4.84 Å². The first-order valence-corrected chi connectivity index (χ1v) is 12.2. The molecule has 0 aliphatic carbocycles. The number of piperazine rings is 1. The first kappa shape index (κ1) is 24.5. The first-order chi connectivity index (χ1) is 17.1. The molecule has 2 aromatic carbocycles. The van der Waals surface area contributed by atoms with E-state index in [2.05, 4.69) is 10.5 Å². The number of nitrogens with zero attached hydrogens (tertiary/aromatic N) is 2. The summed E-state index contributed by atoms with van der Waals surface area (Å²) in [7, 11) is 0. The number of hydrogen-bond donors (Lipinski definition) is 2. The van der Waals surface area contributed by atoms with E-state index in [1.54, 1.807) is 6.20 Å². The molecule has 0 atom stereocenters. The van der Waals surface area contributed by atoms with E-state index in [9.17, 15) is 14.4 Å². The Morgan fingerprint density at radius 1 is 0.829 bits per heavy atom. The van der Waals surface area contributed by atoms with Crippen LogP contribution in [0, 0.1) is 0 Å². The molecule has 1 aliphatic rings. The van der Waals surface area contributed by atoms with Crippen LogP contribution in [0.5, 0.6) is 0 Å². The molecule has 2 heterocycles. The molecule has 1 saturated heterocycles. The Hall–Kier alpha value is -3.65. The van der Waals surface area contributed by atoms with Gasteiger partial charge in [-0.2, -0.15) is 0 Å². The molecule has 4 rings (SSSR count). The third-order valence-electron chi connectivity index (χ3n) is 6.30. The van der Waals surface area contributed by atoms with Gasteiger partial charge in [0.2, 0.25) is 11.8 Å². The summed E-state index contributed by atoms with van der Waals surface area (Å²) in [5, 5.41) is 0.924. The van der Waals surface area contributed by atoms with Crippen LogP contribution in [0.4, 0.5) is 0 Å². The summed E-state index contributed by atoms with van der Waals surface area (Å²) in [5.74, 6) is -0.0383. The lowest BCUT2D eigenvalue weighted by molar-refractivity contribution is -0.134. The number of hydrogen-bond acceptors (Lipinski definition) is 4. The topological polar surface area (TPSA) is 94.7 Å². The molecule has 0 bridgehead atoms. The minimum absolute atomic E-state index is 0.000531. The highest BCUT2D eigenvalue weighted by Gasteiger charge is 2.25. The van der Waals surface area contributed by atoms with Gasteiger partial charge < -0.3 is 14.8 Å². The van der Waals surface area contributed by atoms with Crippen LogP contribution >= 0.6 is 0 Å². The molecule has 0 radical (unpaired) electrons. The van der Waals surface area contributed by atoms with E-state index in [-0.39, 0.29) is 17.7 Å². The van der Waals surface area contributed by atoms with Gasteiger partial charge in [0.05, 0.1) is 12.2 Å². The van der Waals surface area contributed by atoms with Gasteiger partial charge in [0.25, 0.3) is 5.91 Å². The summed E-state index contributed by atoms with van der Waals surface area (Å²) in [6.45, 7) is 2.50. The van der Waals surface area contributed by atoms with Gasteiger partial charge in [-0.1, -0.05) is 55.0 Å². The fourth-order valence-corrected chi connectivity index (χ4v) is 4.30. The van der Waals surface area contributed by atoms with E-state index in [1.165, 1.54) is 0 Å². The predicted molar refractivity (Wildman–Crippen MR) is 133 cm³/mol. The van der Waals surface area contributed by atoms with Crippen molar-refractivity contribution in [2.24, 2.45) is 0 Å². The third-order valence-corrected chi connectivity index (χ3v) is 6.30. The average molecular weight is 477 g/mol. The van der Waals surface area contributed by atoms with Crippen LogP contribution in [0.15, 0.2) is 60.8 Å². The van der Waals surface area contributed by atoms with Crippen LogP contribution in [0.25, 0.3) is 10.9 Å². The van der Waals surface area contributed by atoms with Crippen molar-refractivity contribution in [3.05, 3.63) is 71.9 Å². The van der Waals surface area contributed by atoms with Crippen molar-refractivity contribution in [3.8, 4) is 0 Å². The van der Waals surface area contributed by atoms with Crippen molar-refractivity contribution >= 4 is 28.6 Å². The highest BCUT2D eigenvalue weighted by atomic mass is 16.6. The normalized spacial score (nSPS) is 13.7. The standard InChI is InChI=1S/C27H32N4O4/c32-25(29-35-20-21-9-3-1-4-10-21)13-5-2-6-14-26(33)30-15-17-31(18-16-30)27(34)23-19-28-24-12-8-7-11-22(23)24/h1,3-4,7-12,19,28H,2,5-6,13-18,20H2,(H,29,32). The minimum Gasteiger partial charge on any atom is -0.360 e. The third kappa shape index (κ3) is 6.70. The second-order valence-electron chi connectivity index (χ2n) is 8.78. The van der Waals surface area contributed by atoms with Crippen LogP contribution in [-0.2, 0) is 21.0 Å². The van der Waals surface area contributed by atoms with Crippen molar-refractivity contribution in [3.63, 3.8) is 0 Å². The molecule has 184 valence electrons. The van der Waals surface area contributed by atoms with Gasteiger partial charge >= 0.3 is 0 Å². The summed E-state index contributed by atoms with van der Waals surface area (Å²) in [6, 6.07) is 17.4. The van der Waals surface area contributed by atoms with E-state index >= 15 is 0 Å². The largest absolute Gasteiger partial charge is 0.360 e. The molecule has 8 nitrogen and oxygen atoms in total. The SMILES string of the molecule is O=C(CCCCCC(=O)N1CCN(C(=O)c2c[nH]c3ccccc23)CC1)NOCc1ccccc1. The molecule has 1 aromatic heterocycles. The average Bonchev–Trinajstić information content (AvgIpc) is 3.33. The van der Waals surface area contributed by atoms with Crippen molar-refractivity contribution in [1.29, 1.82) is 0 Å². The van der Waals surface area contributed by atoms with Crippen molar-refractivity contribution in [2.75, 3.05) is 26.2 Å². The summed E-state index contributed by atoms with van der Waals surface area (Å²) in [4.78, 5) is 49.4. The van der Waals surface area contributed by atoms with Gasteiger partial charge in [0.1, 0.15) is 0 Å². The van der Waals surface area contributed by atoms with Gasteiger partial charge in [-0.3, -0.25) is 19.2 Å². The van der Waals surface area contributed by atoms with E-state index in [1.807, 2.05) is 64.4 Å². The number of para-hydroxylation sites is 1. The molecule has 1 aliphatic heterocycles. The number of H-pyrrole nitrogens is 1. The summed E-state index contributed by atoms with van der Waals surface area (Å²) < 4.78 is 0. The Balaban J connectivity index is 1.09. The quantitative estimate of drug-likeness (QED) is 0.345. The van der Waals surface area contributed by atoms with Crippen LogP contribution < -0.4 is 5.48 Å². The highest BCUT2D eigenvalue weighted by Crippen LogP contribution is 2.20. The van der Waals surface area contributed by atoms with Crippen molar-refractivity contribution < 1.29 is 19.2 Å². The van der Waals surface area contributed by atoms with Gasteiger partial charge in [0.15, 0.2) is 0 Å². The molecular formula is C27H32N4O4. The second kappa shape index (κ2) is 12.2. The van der Waals surface area contributed by atoms with E-state index in [0.717, 1.165) is 29.3 Å². The number of hydroxylamine groups is 1. The number of fused-ring (bicyclic) bond motifs is 1. The van der Waals surface area contributed by atoms with Crippen LogP contribution in [0.1, 0.15) is 48.0 Å². The highest BCUT2D eigenvalue weighted by molar-refractivity contribution is 6.06. The number of unbranched alkanes of at least 4 members (excludes halogenated alkanes) is 2. The van der Waals surface area contributed by atoms with Gasteiger partial charge in [-0.15, -0.1) is 0 Å². The fraction of sp³-hybridized carbons (Fsp3) is 0.370. The number of aromatic amines is 1. The van der Waals surface area contributed by atoms with Gasteiger partial charge in [-0.05, 0) is 24.5 Å². The molecular weight excluding hydrogens is 444 g/mol. The molecule has 0 saturated carbocycles. The summed E-state index contributed by atoms with van der Waals surface area (Å²) >= 11 is 0. The summed E-state index contributed by atoms with van der Waals surface area (Å²) in [6.07, 6.45) is 4.85. The smallest absolute Gasteiger partial charge is 0.256 e. The monoisotopic (exact) mass is 476 g/mol. The number of rotatable bonds is 10. The maximum atomic E-state index is 12.9. The zero-order chi connectivity index (χ0) is 24.5. The lowest BCUT2D eigenvalue weighted by Gasteiger charge is -2.34. The van der Waals surface area contributed by atoms with E-state index in [0.29, 0.717) is 57.6 Å². The van der Waals surface area contributed by atoms with Crippen LogP contribution in [0.2, 0.25) is 0 Å². The zero-order valence-corrected chi connectivity index (χ0v) is 19.9. The Kier molecular flexibility index (Phi) is 8.51. The number of nitrogens with one attached hydrogen (secondary N) is 2. The number of carbonyl (C=O) groups excluding carboxylic acids is 3. The number of benzene rings is 2. The molecule has 3 amide bonds. The lowest BCUT2D eigenvalue weighted by Crippen LogP contribution is -2.50. The fourth-order valence-electron chi connectivity index (χ4n) is 4.30. The Bertz CT molecular complexity index is 1140. The number of carbonyl (C=O) groups is 3. The molecule has 2 N–H and O–H groups in total. The predicted octanol–water partition coefficient (Wildman–Crippen LogP) is 3.65. The molecule has 35 heavy (non-hydrogen) atoms. The maximum Gasteiger partial charge on any atom is 0.256 e.